The molecule has 0 atom stereocenters. The van der Waals surface area contributed by atoms with E-state index in [-0.39, 0.29) is 5.69 Å². The maximum Gasteiger partial charge on any atom is 0.269 e. The zero-order valence-electron chi connectivity index (χ0n) is 15.5. The van der Waals surface area contributed by atoms with Gasteiger partial charge in [0.2, 0.25) is 5.13 Å². The SMILES string of the molecule is O=[N+]([O-])c1ccc(-c2sc(N/N=C\c3ccccc3Cl)nc2-c2ccccc2)cc1. The minimum Gasteiger partial charge on any atom is -0.258 e. The van der Waals surface area contributed by atoms with Crippen molar-refractivity contribution in [2.24, 2.45) is 5.10 Å². The van der Waals surface area contributed by atoms with Crippen molar-refractivity contribution in [1.29, 1.82) is 0 Å². The van der Waals surface area contributed by atoms with E-state index in [2.05, 4.69) is 10.5 Å². The van der Waals surface area contributed by atoms with E-state index < -0.39 is 4.92 Å². The van der Waals surface area contributed by atoms with Gasteiger partial charge in [0.1, 0.15) is 0 Å². The summed E-state index contributed by atoms with van der Waals surface area (Å²) >= 11 is 7.57. The lowest BCUT2D eigenvalue weighted by Gasteiger charge is -2.02. The Hall–Kier alpha value is -3.55. The number of non-ortho nitro benzene ring substituents is 1. The fourth-order valence-corrected chi connectivity index (χ4v) is 3.95. The van der Waals surface area contributed by atoms with Crippen LogP contribution in [0.2, 0.25) is 5.02 Å². The van der Waals surface area contributed by atoms with E-state index in [1.54, 1.807) is 24.4 Å². The third kappa shape index (κ3) is 4.37. The van der Waals surface area contributed by atoms with Gasteiger partial charge in [-0.15, -0.1) is 0 Å². The van der Waals surface area contributed by atoms with Gasteiger partial charge in [0.05, 0.1) is 21.7 Å². The normalized spacial score (nSPS) is 11.0. The Morgan fingerprint density at radius 2 is 1.67 bits per heavy atom. The van der Waals surface area contributed by atoms with Crippen LogP contribution in [0.3, 0.4) is 0 Å². The molecule has 0 aliphatic carbocycles. The van der Waals surface area contributed by atoms with E-state index >= 15 is 0 Å². The van der Waals surface area contributed by atoms with Gasteiger partial charge in [-0.25, -0.2) is 4.98 Å². The third-order valence-electron chi connectivity index (χ3n) is 4.28. The molecular weight excluding hydrogens is 420 g/mol. The fourth-order valence-electron chi connectivity index (χ4n) is 2.83. The van der Waals surface area contributed by atoms with Crippen LogP contribution in [-0.2, 0) is 0 Å². The van der Waals surface area contributed by atoms with Crippen LogP contribution in [0.5, 0.6) is 0 Å². The van der Waals surface area contributed by atoms with Gasteiger partial charge in [-0.3, -0.25) is 15.5 Å². The molecule has 0 unspecified atom stereocenters. The highest BCUT2D eigenvalue weighted by Crippen LogP contribution is 2.39. The van der Waals surface area contributed by atoms with Crippen LogP contribution in [-0.4, -0.2) is 16.1 Å². The van der Waals surface area contributed by atoms with Gasteiger partial charge in [-0.2, -0.15) is 5.10 Å². The molecule has 1 heterocycles. The third-order valence-corrected chi connectivity index (χ3v) is 5.64. The highest BCUT2D eigenvalue weighted by Gasteiger charge is 2.16. The van der Waals surface area contributed by atoms with E-state index in [4.69, 9.17) is 16.6 Å². The van der Waals surface area contributed by atoms with Crippen LogP contribution in [0.15, 0.2) is 84.0 Å². The lowest BCUT2D eigenvalue weighted by atomic mass is 10.1. The predicted octanol–water partition coefficient (Wildman–Crippen LogP) is 6.48. The number of anilines is 1. The first-order chi connectivity index (χ1) is 14.6. The molecule has 0 radical (unpaired) electrons. The molecule has 1 N–H and O–H groups in total. The number of hydrazone groups is 1. The molecule has 4 rings (SSSR count). The molecular formula is C22H15ClN4O2S. The first-order valence-electron chi connectivity index (χ1n) is 8.96. The van der Waals surface area contributed by atoms with Crippen molar-refractivity contribution in [2.45, 2.75) is 0 Å². The summed E-state index contributed by atoms with van der Waals surface area (Å²) in [6.45, 7) is 0. The minimum atomic E-state index is -0.412. The molecule has 3 aromatic carbocycles. The molecule has 0 saturated heterocycles. The zero-order valence-corrected chi connectivity index (χ0v) is 17.1. The maximum atomic E-state index is 11.0. The molecule has 0 fully saturated rings. The summed E-state index contributed by atoms with van der Waals surface area (Å²) in [6.07, 6.45) is 1.64. The van der Waals surface area contributed by atoms with Gasteiger partial charge < -0.3 is 0 Å². The molecule has 8 heteroatoms. The number of halogens is 1. The number of nitro groups is 1. The average molecular weight is 435 g/mol. The topological polar surface area (TPSA) is 80.4 Å². The molecule has 4 aromatic rings. The van der Waals surface area contributed by atoms with Crippen LogP contribution in [0, 0.1) is 10.1 Å². The Morgan fingerprint density at radius 3 is 2.37 bits per heavy atom. The van der Waals surface area contributed by atoms with Crippen molar-refractivity contribution in [3.63, 3.8) is 0 Å². The van der Waals surface area contributed by atoms with Crippen LogP contribution in [0.25, 0.3) is 21.7 Å². The van der Waals surface area contributed by atoms with Crippen molar-refractivity contribution in [3.8, 4) is 21.7 Å². The van der Waals surface area contributed by atoms with E-state index in [0.29, 0.717) is 10.2 Å². The van der Waals surface area contributed by atoms with Crippen LogP contribution < -0.4 is 5.43 Å². The molecule has 0 bridgehead atoms. The van der Waals surface area contributed by atoms with Crippen LogP contribution in [0.4, 0.5) is 10.8 Å². The second-order valence-corrected chi connectivity index (χ2v) is 7.66. The van der Waals surface area contributed by atoms with Crippen molar-refractivity contribution >= 4 is 40.0 Å². The number of nitro benzene ring substituents is 1. The quantitative estimate of drug-likeness (QED) is 0.214. The number of thiazole rings is 1. The van der Waals surface area contributed by atoms with Gasteiger partial charge >= 0.3 is 0 Å². The standard InChI is InChI=1S/C22H15ClN4O2S/c23-19-9-5-4-8-17(19)14-24-26-22-25-20(15-6-2-1-3-7-15)21(30-22)16-10-12-18(13-11-16)27(28)29/h1-14H,(H,25,26)/b24-14-. The van der Waals surface area contributed by atoms with Gasteiger partial charge in [0, 0.05) is 28.3 Å². The van der Waals surface area contributed by atoms with Crippen molar-refractivity contribution < 1.29 is 4.92 Å². The van der Waals surface area contributed by atoms with Crippen LogP contribution >= 0.6 is 22.9 Å². The number of benzene rings is 3. The maximum absolute atomic E-state index is 11.0. The van der Waals surface area contributed by atoms with Crippen molar-refractivity contribution in [2.75, 3.05) is 5.43 Å². The lowest BCUT2D eigenvalue weighted by molar-refractivity contribution is -0.384. The number of rotatable bonds is 6. The summed E-state index contributed by atoms with van der Waals surface area (Å²) in [4.78, 5) is 16.1. The molecule has 148 valence electrons. The molecule has 30 heavy (non-hydrogen) atoms. The Morgan fingerprint density at radius 1 is 0.967 bits per heavy atom. The van der Waals surface area contributed by atoms with E-state index in [0.717, 1.165) is 27.3 Å². The first kappa shape index (κ1) is 19.8. The van der Waals surface area contributed by atoms with E-state index in [1.165, 1.54) is 23.5 Å². The van der Waals surface area contributed by atoms with Gasteiger partial charge in [-0.05, 0) is 23.8 Å². The molecule has 0 amide bonds. The van der Waals surface area contributed by atoms with Crippen molar-refractivity contribution in [1.82, 2.24) is 4.98 Å². The van der Waals surface area contributed by atoms with Gasteiger partial charge in [0.25, 0.3) is 5.69 Å². The number of hydrogen-bond donors (Lipinski definition) is 1. The summed E-state index contributed by atoms with van der Waals surface area (Å²) in [6, 6.07) is 23.6. The first-order valence-corrected chi connectivity index (χ1v) is 10.2. The second-order valence-electron chi connectivity index (χ2n) is 6.26. The summed E-state index contributed by atoms with van der Waals surface area (Å²) in [5.74, 6) is 0. The summed E-state index contributed by atoms with van der Waals surface area (Å²) in [5, 5.41) is 16.4. The van der Waals surface area contributed by atoms with Crippen molar-refractivity contribution in [3.05, 3.63) is 99.6 Å². The summed E-state index contributed by atoms with van der Waals surface area (Å²) in [5.41, 5.74) is 6.38. The molecule has 0 spiro atoms. The molecule has 0 aliphatic heterocycles. The van der Waals surface area contributed by atoms with E-state index in [1.807, 2.05) is 48.5 Å². The number of nitrogens with zero attached hydrogens (tertiary/aromatic N) is 3. The monoisotopic (exact) mass is 434 g/mol. The van der Waals surface area contributed by atoms with Gasteiger partial charge in [0.15, 0.2) is 0 Å². The number of hydrogen-bond acceptors (Lipinski definition) is 6. The van der Waals surface area contributed by atoms with Gasteiger partial charge in [-0.1, -0.05) is 71.5 Å². The Kier molecular flexibility index (Phi) is 5.83. The lowest BCUT2D eigenvalue weighted by Crippen LogP contribution is -1.90. The summed E-state index contributed by atoms with van der Waals surface area (Å²) < 4.78 is 0. The smallest absolute Gasteiger partial charge is 0.258 e. The average Bonchev–Trinajstić information content (AvgIpc) is 3.20. The predicted molar refractivity (Wildman–Crippen MR) is 122 cm³/mol. The second kappa shape index (κ2) is 8.86. The molecule has 1 aromatic heterocycles. The van der Waals surface area contributed by atoms with E-state index in [9.17, 15) is 10.1 Å². The highest BCUT2D eigenvalue weighted by molar-refractivity contribution is 7.19. The Labute approximate surface area is 181 Å². The molecule has 0 saturated carbocycles. The molecule has 6 nitrogen and oxygen atoms in total. The largest absolute Gasteiger partial charge is 0.269 e. The highest BCUT2D eigenvalue weighted by atomic mass is 35.5. The number of nitrogens with one attached hydrogen (secondary N) is 1. The summed E-state index contributed by atoms with van der Waals surface area (Å²) in [7, 11) is 0. The molecule has 0 aliphatic rings. The fraction of sp³-hybridized carbons (Fsp3) is 0. The van der Waals surface area contributed by atoms with Crippen LogP contribution in [0.1, 0.15) is 5.56 Å². The zero-order chi connectivity index (χ0) is 20.9. The number of aromatic nitrogens is 1. The Bertz CT molecular complexity index is 1210. The Balaban J connectivity index is 1.67. The minimum absolute atomic E-state index is 0.0483.